The number of hydrazone groups is 1. The first-order valence-corrected chi connectivity index (χ1v) is 9.50. The van der Waals surface area contributed by atoms with Crippen LogP contribution in [0, 0.1) is 5.82 Å². The van der Waals surface area contributed by atoms with E-state index in [1.165, 1.54) is 17.0 Å². The Morgan fingerprint density at radius 1 is 1.21 bits per heavy atom. The Morgan fingerprint density at radius 2 is 1.93 bits per heavy atom. The highest BCUT2D eigenvalue weighted by molar-refractivity contribution is 5.99. The van der Waals surface area contributed by atoms with Crippen molar-refractivity contribution >= 4 is 17.2 Å². The lowest BCUT2D eigenvalue weighted by molar-refractivity contribution is -0.898. The van der Waals surface area contributed by atoms with Crippen molar-refractivity contribution in [2.45, 2.75) is 20.0 Å². The highest BCUT2D eigenvalue weighted by atomic mass is 19.4. The van der Waals surface area contributed by atoms with E-state index in [-0.39, 0.29) is 11.6 Å². The minimum absolute atomic E-state index is 0.172. The summed E-state index contributed by atoms with van der Waals surface area (Å²) in [7, 11) is 0. The molecule has 29 heavy (non-hydrogen) atoms. The van der Waals surface area contributed by atoms with E-state index >= 15 is 0 Å². The Morgan fingerprint density at radius 3 is 2.48 bits per heavy atom. The molecule has 0 spiro atoms. The number of nitrogens with zero attached hydrogens (tertiary/aromatic N) is 3. The maximum atomic E-state index is 14.7. The quantitative estimate of drug-likeness (QED) is 0.453. The Hall–Kier alpha value is -2.68. The van der Waals surface area contributed by atoms with Crippen molar-refractivity contribution in [3.8, 4) is 0 Å². The molecule has 1 saturated heterocycles. The van der Waals surface area contributed by atoms with Crippen LogP contribution in [0.15, 0.2) is 41.6 Å². The van der Waals surface area contributed by atoms with Crippen molar-refractivity contribution < 1.29 is 22.5 Å². The lowest BCUT2D eigenvalue weighted by Crippen LogP contribution is -3.14. The van der Waals surface area contributed by atoms with E-state index in [2.05, 4.69) is 27.3 Å². The van der Waals surface area contributed by atoms with Gasteiger partial charge in [0.2, 0.25) is 0 Å². The van der Waals surface area contributed by atoms with Crippen LogP contribution < -0.4 is 15.2 Å². The molecular weight excluding hydrogens is 386 g/mol. The van der Waals surface area contributed by atoms with Crippen molar-refractivity contribution in [1.82, 2.24) is 4.98 Å². The number of piperazine rings is 1. The first-order chi connectivity index (χ1) is 13.8. The van der Waals surface area contributed by atoms with Crippen LogP contribution >= 0.6 is 0 Å². The first kappa shape index (κ1) is 21.0. The molecule has 1 fully saturated rings. The Kier molecular flexibility index (Phi) is 6.36. The number of benzene rings is 1. The molecule has 0 saturated carbocycles. The number of hydrogen-bond donors (Lipinski definition) is 2. The molecule has 1 aliphatic rings. The first-order valence-electron chi connectivity index (χ1n) is 9.50. The topological polar surface area (TPSA) is 45.0 Å². The van der Waals surface area contributed by atoms with Crippen molar-refractivity contribution in [2.24, 2.45) is 5.10 Å². The fourth-order valence-electron chi connectivity index (χ4n) is 3.24. The van der Waals surface area contributed by atoms with Gasteiger partial charge in [0, 0.05) is 11.8 Å². The zero-order chi connectivity index (χ0) is 21.0. The monoisotopic (exact) mass is 410 g/mol. The molecule has 5 nitrogen and oxygen atoms in total. The van der Waals surface area contributed by atoms with Crippen LogP contribution in [0.4, 0.5) is 29.1 Å². The van der Waals surface area contributed by atoms with Crippen molar-refractivity contribution in [1.29, 1.82) is 0 Å². The lowest BCUT2D eigenvalue weighted by Gasteiger charge is -2.33. The summed E-state index contributed by atoms with van der Waals surface area (Å²) in [5, 5.41) is 4.10. The summed E-state index contributed by atoms with van der Waals surface area (Å²) in [5.74, 6) is -0.143. The number of quaternary nitrogens is 1. The molecule has 156 valence electrons. The molecular formula is C20H24F4N5+. The standard InChI is InChI=1S/C20H23F4N5/c1-3-28-8-10-29(11-9-28)18-6-4-15(12-17(18)21)14(2)26-27-19-7-5-16(13-25-19)20(22,23)24/h4-7,12-13H,3,8-11H2,1-2H3,(H,25,27)/p+1/b26-14-. The Bertz CT molecular complexity index is 856. The Balaban J connectivity index is 1.66. The number of anilines is 2. The average molecular weight is 410 g/mol. The molecule has 3 rings (SSSR count). The maximum absolute atomic E-state index is 14.7. The van der Waals surface area contributed by atoms with Gasteiger partial charge in [0.05, 0.1) is 49.7 Å². The smallest absolute Gasteiger partial charge is 0.358 e. The van der Waals surface area contributed by atoms with Gasteiger partial charge in [-0.05, 0) is 38.1 Å². The molecule has 0 radical (unpaired) electrons. The normalized spacial score (nSPS) is 16.2. The maximum Gasteiger partial charge on any atom is 0.417 e. The van der Waals surface area contributed by atoms with E-state index < -0.39 is 11.7 Å². The highest BCUT2D eigenvalue weighted by Crippen LogP contribution is 2.28. The largest absolute Gasteiger partial charge is 0.417 e. The molecule has 1 aromatic carbocycles. The molecule has 2 aromatic rings. The van der Waals surface area contributed by atoms with Gasteiger partial charge in [0.15, 0.2) is 0 Å². The van der Waals surface area contributed by atoms with E-state index in [1.54, 1.807) is 19.1 Å². The van der Waals surface area contributed by atoms with Gasteiger partial charge in [-0.2, -0.15) is 18.3 Å². The van der Waals surface area contributed by atoms with Gasteiger partial charge < -0.3 is 9.80 Å². The van der Waals surface area contributed by atoms with E-state index in [0.717, 1.165) is 45.0 Å². The number of aromatic nitrogens is 1. The van der Waals surface area contributed by atoms with E-state index in [9.17, 15) is 17.6 Å². The molecule has 2 heterocycles. The van der Waals surface area contributed by atoms with Gasteiger partial charge in [-0.3, -0.25) is 5.43 Å². The summed E-state index contributed by atoms with van der Waals surface area (Å²) in [6.45, 7) is 8.52. The summed E-state index contributed by atoms with van der Waals surface area (Å²) in [5.41, 5.74) is 3.44. The van der Waals surface area contributed by atoms with Gasteiger partial charge in [0.25, 0.3) is 0 Å². The fourth-order valence-corrected chi connectivity index (χ4v) is 3.24. The molecule has 9 heteroatoms. The van der Waals surface area contributed by atoms with Crippen molar-refractivity contribution in [2.75, 3.05) is 43.0 Å². The van der Waals surface area contributed by atoms with Gasteiger partial charge >= 0.3 is 6.18 Å². The number of halogens is 4. The minimum Gasteiger partial charge on any atom is -0.358 e. The zero-order valence-corrected chi connectivity index (χ0v) is 16.4. The predicted octanol–water partition coefficient (Wildman–Crippen LogP) is 2.80. The number of pyridine rings is 1. The molecule has 0 aliphatic carbocycles. The fraction of sp³-hybridized carbons (Fsp3) is 0.400. The van der Waals surface area contributed by atoms with Gasteiger partial charge in [0.1, 0.15) is 11.6 Å². The number of hydrogen-bond acceptors (Lipinski definition) is 4. The molecule has 0 unspecified atom stereocenters. The van der Waals surface area contributed by atoms with Crippen LogP contribution in [-0.4, -0.2) is 43.4 Å². The second-order valence-corrected chi connectivity index (χ2v) is 7.00. The van der Waals surface area contributed by atoms with Gasteiger partial charge in [-0.1, -0.05) is 6.07 Å². The molecule has 0 amide bonds. The summed E-state index contributed by atoms with van der Waals surface area (Å²) < 4.78 is 52.4. The molecule has 2 N–H and O–H groups in total. The summed E-state index contributed by atoms with van der Waals surface area (Å²) in [6.07, 6.45) is -3.70. The van der Waals surface area contributed by atoms with Crippen LogP contribution in [0.1, 0.15) is 25.0 Å². The minimum atomic E-state index is -4.44. The van der Waals surface area contributed by atoms with Gasteiger partial charge in [-0.25, -0.2) is 9.37 Å². The number of alkyl halides is 3. The number of likely N-dealkylation sites (N-methyl/N-ethyl adjacent to an activating group) is 1. The van der Waals surface area contributed by atoms with Crippen LogP contribution in [0.2, 0.25) is 0 Å². The number of rotatable bonds is 5. The Labute approximate surface area is 167 Å². The molecule has 1 aliphatic heterocycles. The summed E-state index contributed by atoms with van der Waals surface area (Å²) in [4.78, 5) is 7.26. The second-order valence-electron chi connectivity index (χ2n) is 7.00. The molecule has 0 bridgehead atoms. The zero-order valence-electron chi connectivity index (χ0n) is 16.4. The molecule has 0 atom stereocenters. The third-order valence-electron chi connectivity index (χ3n) is 5.11. The predicted molar refractivity (Wildman–Crippen MR) is 105 cm³/mol. The van der Waals surface area contributed by atoms with Crippen LogP contribution in [0.3, 0.4) is 0 Å². The summed E-state index contributed by atoms with van der Waals surface area (Å²) in [6, 6.07) is 7.08. The van der Waals surface area contributed by atoms with Crippen molar-refractivity contribution in [3.63, 3.8) is 0 Å². The van der Waals surface area contributed by atoms with Crippen molar-refractivity contribution in [3.05, 3.63) is 53.5 Å². The van der Waals surface area contributed by atoms with E-state index in [4.69, 9.17) is 0 Å². The third kappa shape index (κ3) is 5.23. The van der Waals surface area contributed by atoms with Crippen LogP contribution in [0.25, 0.3) is 0 Å². The second kappa shape index (κ2) is 8.77. The van der Waals surface area contributed by atoms with Crippen LogP contribution in [-0.2, 0) is 6.18 Å². The third-order valence-corrected chi connectivity index (χ3v) is 5.11. The molecule has 1 aromatic heterocycles. The SMILES string of the molecule is CC[NH+]1CCN(c2ccc(/C(C)=N\Nc3ccc(C(F)(F)F)cn3)cc2F)CC1. The van der Waals surface area contributed by atoms with Crippen LogP contribution in [0.5, 0.6) is 0 Å². The van der Waals surface area contributed by atoms with Gasteiger partial charge in [-0.15, -0.1) is 0 Å². The van der Waals surface area contributed by atoms with E-state index in [1.807, 2.05) is 0 Å². The average Bonchev–Trinajstić information content (AvgIpc) is 2.71. The van der Waals surface area contributed by atoms with E-state index in [0.29, 0.717) is 17.0 Å². The highest BCUT2D eigenvalue weighted by Gasteiger charge is 2.30. The number of nitrogens with one attached hydrogen (secondary N) is 2. The lowest BCUT2D eigenvalue weighted by atomic mass is 10.1. The summed E-state index contributed by atoms with van der Waals surface area (Å²) >= 11 is 0.